The third-order valence-corrected chi connectivity index (χ3v) is 22.7. The van der Waals surface area contributed by atoms with E-state index in [1.165, 1.54) is 4.90 Å². The summed E-state index contributed by atoms with van der Waals surface area (Å²) in [5.41, 5.74) is 2.96. The van der Waals surface area contributed by atoms with Crippen molar-refractivity contribution in [3.63, 3.8) is 0 Å². The third-order valence-electron chi connectivity index (χ3n) is 2.13. The second-order valence-corrected chi connectivity index (χ2v) is 25.2. The third kappa shape index (κ3) is 0.958. The lowest BCUT2D eigenvalue weighted by atomic mass is 10.3. The molecule has 0 radical (unpaired) electrons. The van der Waals surface area contributed by atoms with Crippen LogP contribution in [0.4, 0.5) is 5.69 Å². The van der Waals surface area contributed by atoms with Crippen molar-refractivity contribution in [3.8, 4) is 0 Å². The van der Waals surface area contributed by atoms with Gasteiger partial charge in [0.25, 0.3) is 0 Å². The first-order valence-electron chi connectivity index (χ1n) is 3.61. The Morgan fingerprint density at radius 2 is 1.85 bits per heavy atom. The van der Waals surface area contributed by atoms with E-state index in [-0.39, 0.29) is 0 Å². The lowest BCUT2D eigenvalue weighted by Gasteiger charge is -2.44. The van der Waals surface area contributed by atoms with Gasteiger partial charge >= 0.3 is 0 Å². The van der Waals surface area contributed by atoms with E-state index in [9.17, 15) is 0 Å². The smallest absolute Gasteiger partial charge is 0.0776 e. The molecule has 1 aromatic carbocycles. The number of para-hydroxylation sites is 1. The molecule has 1 aromatic rings. The van der Waals surface area contributed by atoms with Crippen molar-refractivity contribution in [2.24, 2.45) is 4.99 Å². The number of hydrogen-bond acceptors (Lipinski definition) is 5. The fourth-order valence-corrected chi connectivity index (χ4v) is 16.3. The molecule has 0 aromatic heterocycles. The molecule has 0 bridgehead atoms. The SMILES string of the molecule is SS12(S)(C=Nc3ccccc31)SS2. The Morgan fingerprint density at radius 3 is 2.54 bits per heavy atom. The molecule has 2 heterocycles. The Bertz CT molecular complexity index is 456. The number of fused-ring (bicyclic) bond motifs is 2. The highest BCUT2D eigenvalue weighted by atomic mass is 34.4. The first-order chi connectivity index (χ1) is 5.98. The van der Waals surface area contributed by atoms with Crippen molar-refractivity contribution in [1.82, 2.24) is 0 Å². The van der Waals surface area contributed by atoms with Gasteiger partial charge in [-0.05, 0) is 31.8 Å². The molecule has 2 aliphatic rings. The minimum atomic E-state index is -2.68. The quantitative estimate of drug-likeness (QED) is 0.407. The van der Waals surface area contributed by atoms with Crippen LogP contribution in [0.1, 0.15) is 0 Å². The minimum absolute atomic E-state index is 1.02. The monoisotopic (exact) mass is 265 g/mol. The molecular weight excluding hydrogens is 258 g/mol. The molecule has 1 spiro atoms. The fourth-order valence-electron chi connectivity index (χ4n) is 1.35. The molecular formula is C7H7NS5. The molecule has 1 nitrogen and oxygen atoms in total. The summed E-state index contributed by atoms with van der Waals surface area (Å²) >= 11 is 9.62. The normalized spacial score (nSPS) is 34.0. The summed E-state index contributed by atoms with van der Waals surface area (Å²) in [6.07, 6.45) is 0. The van der Waals surface area contributed by atoms with Crippen LogP contribution >= 0.6 is 47.4 Å². The summed E-state index contributed by atoms with van der Waals surface area (Å²) in [7, 11) is 3.48. The van der Waals surface area contributed by atoms with Crippen molar-refractivity contribution < 1.29 is 0 Å². The van der Waals surface area contributed by atoms with Gasteiger partial charge < -0.3 is 0 Å². The summed E-state index contributed by atoms with van der Waals surface area (Å²) in [5, 5.41) is 0. The van der Waals surface area contributed by atoms with Crippen molar-refractivity contribution in [1.29, 1.82) is 0 Å². The van der Waals surface area contributed by atoms with Gasteiger partial charge in [-0.2, -0.15) is 0 Å². The number of benzene rings is 1. The Balaban J connectivity index is 2.43. The van der Waals surface area contributed by atoms with Crippen LogP contribution in [-0.2, 0) is 0 Å². The molecule has 2 aliphatic heterocycles. The maximum atomic E-state index is 4.81. The van der Waals surface area contributed by atoms with Gasteiger partial charge in [0.2, 0.25) is 0 Å². The lowest BCUT2D eigenvalue weighted by Crippen LogP contribution is -1.97. The van der Waals surface area contributed by atoms with Crippen molar-refractivity contribution >= 4 is 58.6 Å². The molecule has 0 unspecified atom stereocenters. The molecule has 1 fully saturated rings. The molecule has 3 rings (SSSR count). The first-order valence-corrected chi connectivity index (χ1v) is 11.4. The van der Waals surface area contributed by atoms with Gasteiger partial charge in [0.1, 0.15) is 0 Å². The Morgan fingerprint density at radius 1 is 1.15 bits per heavy atom. The number of nitrogens with zero attached hydrogens (tertiary/aromatic N) is 1. The molecule has 6 heteroatoms. The first kappa shape index (κ1) is 8.91. The molecule has 1 saturated heterocycles. The van der Waals surface area contributed by atoms with Crippen LogP contribution in [0.25, 0.3) is 0 Å². The average molecular weight is 265 g/mol. The topological polar surface area (TPSA) is 12.4 Å². The van der Waals surface area contributed by atoms with Gasteiger partial charge in [0.05, 0.1) is 11.2 Å². The Labute approximate surface area is 92.2 Å². The molecule has 0 amide bonds. The van der Waals surface area contributed by atoms with E-state index >= 15 is 0 Å². The van der Waals surface area contributed by atoms with Gasteiger partial charge in [0, 0.05) is 4.90 Å². The van der Waals surface area contributed by atoms with Crippen molar-refractivity contribution in [2.75, 3.05) is 0 Å². The van der Waals surface area contributed by atoms with Gasteiger partial charge in [-0.3, -0.25) is 0 Å². The highest BCUT2D eigenvalue weighted by Gasteiger charge is 2.73. The predicted octanol–water partition coefficient (Wildman–Crippen LogP) is 4.51. The fraction of sp³-hybridized carbons (Fsp3) is 0. The van der Waals surface area contributed by atoms with E-state index in [0.717, 1.165) is 5.69 Å². The van der Waals surface area contributed by atoms with Gasteiger partial charge in [-0.15, -0.1) is 23.3 Å². The summed E-state index contributed by atoms with van der Waals surface area (Å²) in [4.78, 5) is 5.58. The molecule has 0 saturated carbocycles. The van der Waals surface area contributed by atoms with Crippen LogP contribution in [-0.4, -0.2) is 5.55 Å². The Hall–Kier alpha value is 0.640. The molecule has 0 atom stereocenters. The van der Waals surface area contributed by atoms with Gasteiger partial charge in [0.15, 0.2) is 0 Å². The lowest BCUT2D eigenvalue weighted by molar-refractivity contribution is 1.41. The van der Waals surface area contributed by atoms with E-state index in [1.807, 2.05) is 23.7 Å². The summed E-state index contributed by atoms with van der Waals surface area (Å²) < 4.78 is -2.68. The van der Waals surface area contributed by atoms with Crippen LogP contribution in [0.3, 0.4) is 0 Å². The second kappa shape index (κ2) is 1.95. The van der Waals surface area contributed by atoms with Crippen LogP contribution in [0.15, 0.2) is 34.2 Å². The predicted molar refractivity (Wildman–Crippen MR) is 73.6 cm³/mol. The maximum Gasteiger partial charge on any atom is 0.0776 e. The Kier molecular flexibility index (Phi) is 1.34. The molecule has 13 heavy (non-hydrogen) atoms. The van der Waals surface area contributed by atoms with E-state index in [4.69, 9.17) is 23.3 Å². The average Bonchev–Trinajstić information content (AvgIpc) is 2.66. The van der Waals surface area contributed by atoms with Crippen LogP contribution in [0.5, 0.6) is 0 Å². The zero-order valence-corrected chi connectivity index (χ0v) is 10.7. The molecule has 70 valence electrons. The standard InChI is InChI=1S/C7H7NS5/c9-13(10,11-12-13)5-8-6-3-1-2-4-7(6)13/h1-5,9-10H. The number of aliphatic imine (C=N–C) groups is 1. The largest absolute Gasteiger partial charge is 0.248 e. The minimum Gasteiger partial charge on any atom is -0.248 e. The summed E-state index contributed by atoms with van der Waals surface area (Å²) in [6, 6.07) is 8.10. The van der Waals surface area contributed by atoms with Gasteiger partial charge in [-0.1, -0.05) is 16.6 Å². The summed E-state index contributed by atoms with van der Waals surface area (Å²) in [5.74, 6) is 0. The number of rotatable bonds is 0. The van der Waals surface area contributed by atoms with Crippen LogP contribution in [0, 0.1) is 0 Å². The van der Waals surface area contributed by atoms with E-state index in [1.54, 1.807) is 19.7 Å². The van der Waals surface area contributed by atoms with Crippen molar-refractivity contribution in [3.05, 3.63) is 24.3 Å². The molecule has 0 aliphatic carbocycles. The van der Waals surface area contributed by atoms with Crippen LogP contribution < -0.4 is 0 Å². The summed E-state index contributed by atoms with van der Waals surface area (Å²) in [6.45, 7) is 0. The van der Waals surface area contributed by atoms with E-state index in [0.29, 0.717) is 0 Å². The van der Waals surface area contributed by atoms with Crippen LogP contribution in [0.2, 0.25) is 0 Å². The highest BCUT2D eigenvalue weighted by Crippen LogP contribution is 3.31. The van der Waals surface area contributed by atoms with E-state index in [2.05, 4.69) is 11.1 Å². The second-order valence-electron chi connectivity index (χ2n) is 3.16. The molecule has 0 N–H and O–H groups in total. The highest BCUT2D eigenvalue weighted by molar-refractivity contribution is 10.1. The number of hydrogen-bond donors (Lipinski definition) is 2. The maximum absolute atomic E-state index is 4.81. The van der Waals surface area contributed by atoms with Gasteiger partial charge in [-0.25, -0.2) is 4.99 Å². The zero-order chi connectivity index (χ0) is 9.22. The number of thiol groups is 2. The van der Waals surface area contributed by atoms with E-state index < -0.39 is 4.42 Å². The van der Waals surface area contributed by atoms with Crippen molar-refractivity contribution in [2.45, 2.75) is 4.90 Å². The zero-order valence-electron chi connectivity index (χ0n) is 6.45.